The fraction of sp³-hybridized carbons (Fsp3) is 0.462. The van der Waals surface area contributed by atoms with Gasteiger partial charge in [0.15, 0.2) is 0 Å². The van der Waals surface area contributed by atoms with E-state index in [4.69, 9.17) is 0 Å². The van der Waals surface area contributed by atoms with Gasteiger partial charge in [-0.2, -0.15) is 0 Å². The summed E-state index contributed by atoms with van der Waals surface area (Å²) in [7, 11) is 0. The largest absolute Gasteiger partial charge is 0.325 e. The van der Waals surface area contributed by atoms with E-state index in [1.165, 1.54) is 15.6 Å². The standard InChI is InChI=1S/C13H17IN2O/c1-9-5-6-10(8-11(9)14)16-13(17)12-4-2-3-7-15-12/h5-6,8,12,15H,2-4,7H2,1H3,(H,16,17)/t12-/m1/s1. The number of aryl methyl sites for hydroxylation is 1. The number of piperidine rings is 1. The molecule has 1 aliphatic rings. The molecule has 1 saturated heterocycles. The Morgan fingerprint density at radius 2 is 2.29 bits per heavy atom. The average molecular weight is 344 g/mol. The van der Waals surface area contributed by atoms with E-state index in [0.717, 1.165) is 25.1 Å². The Morgan fingerprint density at radius 3 is 2.94 bits per heavy atom. The van der Waals surface area contributed by atoms with Gasteiger partial charge in [-0.3, -0.25) is 4.79 Å². The number of amides is 1. The highest BCUT2D eigenvalue weighted by Crippen LogP contribution is 2.18. The van der Waals surface area contributed by atoms with E-state index in [1.807, 2.05) is 18.2 Å². The zero-order valence-electron chi connectivity index (χ0n) is 9.92. The van der Waals surface area contributed by atoms with Crippen LogP contribution in [-0.4, -0.2) is 18.5 Å². The molecule has 2 N–H and O–H groups in total. The van der Waals surface area contributed by atoms with Crippen LogP contribution in [-0.2, 0) is 4.79 Å². The van der Waals surface area contributed by atoms with E-state index in [0.29, 0.717) is 0 Å². The molecule has 0 radical (unpaired) electrons. The average Bonchev–Trinajstić information content (AvgIpc) is 2.35. The number of nitrogens with one attached hydrogen (secondary N) is 2. The predicted octanol–water partition coefficient (Wildman–Crippen LogP) is 2.68. The number of hydrogen-bond acceptors (Lipinski definition) is 2. The zero-order chi connectivity index (χ0) is 12.3. The van der Waals surface area contributed by atoms with Crippen LogP contribution in [0.15, 0.2) is 18.2 Å². The van der Waals surface area contributed by atoms with Crippen molar-refractivity contribution in [3.8, 4) is 0 Å². The van der Waals surface area contributed by atoms with Crippen LogP contribution in [0.3, 0.4) is 0 Å². The minimum Gasteiger partial charge on any atom is -0.325 e. The second-order valence-corrected chi connectivity index (χ2v) is 5.62. The van der Waals surface area contributed by atoms with Crippen molar-refractivity contribution in [1.82, 2.24) is 5.32 Å². The van der Waals surface area contributed by atoms with Crippen LogP contribution in [0.25, 0.3) is 0 Å². The number of rotatable bonds is 2. The van der Waals surface area contributed by atoms with E-state index in [1.54, 1.807) is 0 Å². The van der Waals surface area contributed by atoms with Crippen molar-refractivity contribution in [3.63, 3.8) is 0 Å². The maximum atomic E-state index is 12.0. The summed E-state index contributed by atoms with van der Waals surface area (Å²) in [5.74, 6) is 0.0874. The van der Waals surface area contributed by atoms with Crippen LogP contribution in [0, 0.1) is 10.5 Å². The van der Waals surface area contributed by atoms with Gasteiger partial charge in [0, 0.05) is 9.26 Å². The van der Waals surface area contributed by atoms with Crippen molar-refractivity contribution in [2.75, 3.05) is 11.9 Å². The van der Waals surface area contributed by atoms with Crippen molar-refractivity contribution >= 4 is 34.2 Å². The zero-order valence-corrected chi connectivity index (χ0v) is 12.1. The summed E-state index contributed by atoms with van der Waals surface area (Å²) in [6.07, 6.45) is 3.25. The van der Waals surface area contributed by atoms with Gasteiger partial charge in [0.2, 0.25) is 5.91 Å². The lowest BCUT2D eigenvalue weighted by molar-refractivity contribution is -0.118. The van der Waals surface area contributed by atoms with Crippen LogP contribution in [0.5, 0.6) is 0 Å². The molecule has 0 saturated carbocycles. The molecule has 92 valence electrons. The van der Waals surface area contributed by atoms with Crippen molar-refractivity contribution in [2.45, 2.75) is 32.2 Å². The number of halogens is 1. The number of anilines is 1. The third-order valence-corrected chi connectivity index (χ3v) is 4.23. The van der Waals surface area contributed by atoms with Gasteiger partial charge in [0.1, 0.15) is 0 Å². The highest BCUT2D eigenvalue weighted by atomic mass is 127. The molecule has 1 aromatic carbocycles. The topological polar surface area (TPSA) is 41.1 Å². The Hall–Kier alpha value is -0.620. The normalized spacial score (nSPS) is 20.0. The monoisotopic (exact) mass is 344 g/mol. The van der Waals surface area contributed by atoms with Crippen molar-refractivity contribution in [2.24, 2.45) is 0 Å². The number of carbonyl (C=O) groups excluding carboxylic acids is 1. The molecule has 0 aromatic heterocycles. The Labute approximate surface area is 116 Å². The summed E-state index contributed by atoms with van der Waals surface area (Å²) in [4.78, 5) is 12.0. The molecule has 17 heavy (non-hydrogen) atoms. The fourth-order valence-electron chi connectivity index (χ4n) is 1.98. The second-order valence-electron chi connectivity index (χ2n) is 4.46. The summed E-state index contributed by atoms with van der Waals surface area (Å²) in [5.41, 5.74) is 2.12. The van der Waals surface area contributed by atoms with E-state index >= 15 is 0 Å². The van der Waals surface area contributed by atoms with Crippen molar-refractivity contribution in [1.29, 1.82) is 0 Å². The first-order valence-corrected chi connectivity index (χ1v) is 7.05. The Kier molecular flexibility index (Phi) is 4.39. The molecule has 1 fully saturated rings. The van der Waals surface area contributed by atoms with E-state index in [9.17, 15) is 4.79 Å². The molecule has 1 amide bonds. The van der Waals surface area contributed by atoms with E-state index in [-0.39, 0.29) is 11.9 Å². The summed E-state index contributed by atoms with van der Waals surface area (Å²) in [6.45, 7) is 3.01. The number of carbonyl (C=O) groups is 1. The summed E-state index contributed by atoms with van der Waals surface area (Å²) in [5, 5.41) is 6.22. The maximum Gasteiger partial charge on any atom is 0.241 e. The van der Waals surface area contributed by atoms with Gasteiger partial charge < -0.3 is 10.6 Å². The van der Waals surface area contributed by atoms with Crippen molar-refractivity contribution in [3.05, 3.63) is 27.3 Å². The van der Waals surface area contributed by atoms with E-state index in [2.05, 4.69) is 40.1 Å². The van der Waals surface area contributed by atoms with Gasteiger partial charge >= 0.3 is 0 Å². The fourth-order valence-corrected chi connectivity index (χ4v) is 2.49. The minimum absolute atomic E-state index is 0.0253. The molecule has 0 spiro atoms. The lowest BCUT2D eigenvalue weighted by Gasteiger charge is -2.22. The summed E-state index contributed by atoms with van der Waals surface area (Å²) < 4.78 is 1.18. The van der Waals surface area contributed by atoms with Crippen LogP contribution in [0.4, 0.5) is 5.69 Å². The van der Waals surface area contributed by atoms with Gasteiger partial charge in [-0.05, 0) is 66.6 Å². The molecule has 1 aromatic rings. The minimum atomic E-state index is -0.0253. The molecule has 3 nitrogen and oxygen atoms in total. The highest BCUT2D eigenvalue weighted by Gasteiger charge is 2.20. The maximum absolute atomic E-state index is 12.0. The molecule has 1 aliphatic heterocycles. The first-order chi connectivity index (χ1) is 8.16. The molecule has 1 atom stereocenters. The third kappa shape index (κ3) is 3.42. The Morgan fingerprint density at radius 1 is 1.47 bits per heavy atom. The molecule has 2 rings (SSSR count). The number of benzene rings is 1. The lowest BCUT2D eigenvalue weighted by atomic mass is 10.0. The Bertz CT molecular complexity index is 414. The van der Waals surface area contributed by atoms with Crippen LogP contribution < -0.4 is 10.6 Å². The summed E-state index contributed by atoms with van der Waals surface area (Å²) in [6, 6.07) is 5.98. The van der Waals surface area contributed by atoms with Gasteiger partial charge in [0.25, 0.3) is 0 Å². The molecular weight excluding hydrogens is 327 g/mol. The quantitative estimate of drug-likeness (QED) is 0.810. The Balaban J connectivity index is 1.99. The van der Waals surface area contributed by atoms with Crippen LogP contribution in [0.2, 0.25) is 0 Å². The second kappa shape index (κ2) is 5.82. The lowest BCUT2D eigenvalue weighted by Crippen LogP contribution is -2.43. The molecule has 0 bridgehead atoms. The van der Waals surface area contributed by atoms with E-state index < -0.39 is 0 Å². The first kappa shape index (κ1) is 12.8. The molecule has 1 heterocycles. The molecular formula is C13H17IN2O. The van der Waals surface area contributed by atoms with Gasteiger partial charge in [-0.25, -0.2) is 0 Å². The van der Waals surface area contributed by atoms with Gasteiger partial charge in [-0.15, -0.1) is 0 Å². The van der Waals surface area contributed by atoms with Gasteiger partial charge in [-0.1, -0.05) is 12.5 Å². The van der Waals surface area contributed by atoms with Crippen molar-refractivity contribution < 1.29 is 4.79 Å². The molecule has 4 heteroatoms. The highest BCUT2D eigenvalue weighted by molar-refractivity contribution is 14.1. The van der Waals surface area contributed by atoms with Gasteiger partial charge in [0.05, 0.1) is 6.04 Å². The van der Waals surface area contributed by atoms with Crippen LogP contribution in [0.1, 0.15) is 24.8 Å². The predicted molar refractivity (Wildman–Crippen MR) is 78.2 cm³/mol. The first-order valence-electron chi connectivity index (χ1n) is 5.97. The molecule has 0 unspecified atom stereocenters. The molecule has 0 aliphatic carbocycles. The SMILES string of the molecule is Cc1ccc(NC(=O)[C@H]2CCCCN2)cc1I. The summed E-state index contributed by atoms with van der Waals surface area (Å²) >= 11 is 2.28. The number of hydrogen-bond donors (Lipinski definition) is 2. The third-order valence-electron chi connectivity index (χ3n) is 3.07. The smallest absolute Gasteiger partial charge is 0.241 e. The van der Waals surface area contributed by atoms with Crippen LogP contribution >= 0.6 is 22.6 Å².